The smallest absolute Gasteiger partial charge is 0.0587 e. The summed E-state index contributed by atoms with van der Waals surface area (Å²) in [5.41, 5.74) is 1.30. The van der Waals surface area contributed by atoms with Crippen LogP contribution in [0.15, 0.2) is 28.7 Å². The maximum absolute atomic E-state index is 9.23. The Morgan fingerprint density at radius 1 is 1.40 bits per heavy atom. The zero-order valence-electron chi connectivity index (χ0n) is 8.69. The molecule has 1 aromatic rings. The van der Waals surface area contributed by atoms with Gasteiger partial charge in [-0.3, -0.25) is 4.90 Å². The van der Waals surface area contributed by atoms with Gasteiger partial charge in [-0.05, 0) is 31.0 Å². The van der Waals surface area contributed by atoms with E-state index in [1.165, 1.54) is 12.0 Å². The minimum atomic E-state index is 0.282. The first-order valence-corrected chi connectivity index (χ1v) is 6.19. The SMILES string of the molecule is OC[C@@H]1CCCN1Cc1ccccc1Br. The van der Waals surface area contributed by atoms with Crippen molar-refractivity contribution in [2.45, 2.75) is 25.4 Å². The summed E-state index contributed by atoms with van der Waals surface area (Å²) in [6.45, 7) is 2.32. The van der Waals surface area contributed by atoms with Gasteiger partial charge in [-0.2, -0.15) is 0 Å². The van der Waals surface area contributed by atoms with Gasteiger partial charge in [0.15, 0.2) is 0 Å². The summed E-state index contributed by atoms with van der Waals surface area (Å²) in [4.78, 5) is 2.36. The van der Waals surface area contributed by atoms with Gasteiger partial charge in [0.25, 0.3) is 0 Å². The highest BCUT2D eigenvalue weighted by Crippen LogP contribution is 2.23. The van der Waals surface area contributed by atoms with E-state index in [9.17, 15) is 5.11 Å². The molecule has 3 heteroatoms. The fraction of sp³-hybridized carbons (Fsp3) is 0.500. The number of nitrogens with zero attached hydrogens (tertiary/aromatic N) is 1. The largest absolute Gasteiger partial charge is 0.395 e. The maximum Gasteiger partial charge on any atom is 0.0587 e. The lowest BCUT2D eigenvalue weighted by atomic mass is 10.2. The average molecular weight is 270 g/mol. The molecule has 0 unspecified atom stereocenters. The third-order valence-corrected chi connectivity index (χ3v) is 3.81. The van der Waals surface area contributed by atoms with Crippen molar-refractivity contribution in [3.8, 4) is 0 Å². The van der Waals surface area contributed by atoms with Crippen LogP contribution in [0, 0.1) is 0 Å². The number of hydrogen-bond donors (Lipinski definition) is 1. The lowest BCUT2D eigenvalue weighted by Gasteiger charge is -2.23. The van der Waals surface area contributed by atoms with Crippen LogP contribution in [0.25, 0.3) is 0 Å². The van der Waals surface area contributed by atoms with Crippen LogP contribution in [0.3, 0.4) is 0 Å². The van der Waals surface area contributed by atoms with Gasteiger partial charge >= 0.3 is 0 Å². The quantitative estimate of drug-likeness (QED) is 0.911. The molecular weight excluding hydrogens is 254 g/mol. The minimum absolute atomic E-state index is 0.282. The number of benzene rings is 1. The van der Waals surface area contributed by atoms with Gasteiger partial charge in [-0.25, -0.2) is 0 Å². The number of aliphatic hydroxyl groups excluding tert-OH is 1. The number of rotatable bonds is 3. The molecule has 1 heterocycles. The second kappa shape index (κ2) is 5.10. The van der Waals surface area contributed by atoms with Crippen molar-refractivity contribution in [1.29, 1.82) is 0 Å². The summed E-state index contributed by atoms with van der Waals surface area (Å²) in [6, 6.07) is 8.65. The molecular formula is C12H16BrNO. The predicted octanol–water partition coefficient (Wildman–Crippen LogP) is 2.41. The fourth-order valence-corrected chi connectivity index (χ4v) is 2.57. The van der Waals surface area contributed by atoms with Gasteiger partial charge in [0.2, 0.25) is 0 Å². The van der Waals surface area contributed by atoms with E-state index in [2.05, 4.69) is 39.0 Å². The Morgan fingerprint density at radius 3 is 2.93 bits per heavy atom. The summed E-state index contributed by atoms with van der Waals surface area (Å²) in [6.07, 6.45) is 2.33. The molecule has 1 saturated heterocycles. The lowest BCUT2D eigenvalue weighted by Crippen LogP contribution is -2.31. The Balaban J connectivity index is 2.05. The van der Waals surface area contributed by atoms with Gasteiger partial charge in [-0.15, -0.1) is 0 Å². The molecule has 0 aliphatic carbocycles. The summed E-state index contributed by atoms with van der Waals surface area (Å²) in [5, 5.41) is 9.23. The summed E-state index contributed by atoms with van der Waals surface area (Å²) in [5.74, 6) is 0. The highest BCUT2D eigenvalue weighted by molar-refractivity contribution is 9.10. The van der Waals surface area contributed by atoms with Crippen LogP contribution in [-0.2, 0) is 6.54 Å². The molecule has 15 heavy (non-hydrogen) atoms. The molecule has 0 amide bonds. The van der Waals surface area contributed by atoms with Crippen molar-refractivity contribution >= 4 is 15.9 Å². The first-order chi connectivity index (χ1) is 7.31. The normalized spacial score (nSPS) is 22.1. The van der Waals surface area contributed by atoms with Crippen LogP contribution in [0.2, 0.25) is 0 Å². The molecule has 82 valence electrons. The van der Waals surface area contributed by atoms with E-state index in [1.807, 2.05) is 6.07 Å². The van der Waals surface area contributed by atoms with Crippen LogP contribution < -0.4 is 0 Å². The topological polar surface area (TPSA) is 23.5 Å². The van der Waals surface area contributed by atoms with Crippen molar-refractivity contribution in [3.05, 3.63) is 34.3 Å². The van der Waals surface area contributed by atoms with Crippen molar-refractivity contribution in [2.24, 2.45) is 0 Å². The number of halogens is 1. The van der Waals surface area contributed by atoms with Gasteiger partial charge in [-0.1, -0.05) is 34.1 Å². The zero-order valence-corrected chi connectivity index (χ0v) is 10.3. The standard InChI is InChI=1S/C12H16BrNO/c13-12-6-2-1-4-10(12)8-14-7-3-5-11(14)9-15/h1-2,4,6,11,15H,3,5,7-9H2/t11-/m0/s1. The van der Waals surface area contributed by atoms with Crippen LogP contribution >= 0.6 is 15.9 Å². The molecule has 1 aliphatic rings. The second-order valence-corrected chi connectivity index (χ2v) is 4.89. The Bertz CT molecular complexity index is 329. The highest BCUT2D eigenvalue weighted by Gasteiger charge is 2.23. The Kier molecular flexibility index (Phi) is 3.78. The molecule has 0 saturated carbocycles. The van der Waals surface area contributed by atoms with Gasteiger partial charge in [0.1, 0.15) is 0 Å². The molecule has 2 nitrogen and oxygen atoms in total. The highest BCUT2D eigenvalue weighted by atomic mass is 79.9. The molecule has 1 atom stereocenters. The molecule has 1 aliphatic heterocycles. The zero-order chi connectivity index (χ0) is 10.7. The molecule has 2 rings (SSSR count). The Hall–Kier alpha value is -0.380. The van der Waals surface area contributed by atoms with Gasteiger partial charge < -0.3 is 5.11 Å². The van der Waals surface area contributed by atoms with E-state index in [4.69, 9.17) is 0 Å². The van der Waals surface area contributed by atoms with Crippen molar-refractivity contribution < 1.29 is 5.11 Å². The van der Waals surface area contributed by atoms with E-state index in [-0.39, 0.29) is 6.61 Å². The second-order valence-electron chi connectivity index (χ2n) is 4.04. The van der Waals surface area contributed by atoms with Crippen molar-refractivity contribution in [3.63, 3.8) is 0 Å². The first kappa shape index (κ1) is 11.1. The number of hydrogen-bond acceptors (Lipinski definition) is 2. The first-order valence-electron chi connectivity index (χ1n) is 5.39. The maximum atomic E-state index is 9.23. The van der Waals surface area contributed by atoms with Crippen molar-refractivity contribution in [1.82, 2.24) is 4.90 Å². The Morgan fingerprint density at radius 2 is 2.20 bits per heavy atom. The molecule has 1 aromatic carbocycles. The van der Waals surface area contributed by atoms with Crippen LogP contribution in [0.1, 0.15) is 18.4 Å². The molecule has 0 aromatic heterocycles. The Labute approximate surface area is 99.0 Å². The summed E-state index contributed by atoms with van der Waals surface area (Å²) in [7, 11) is 0. The van der Waals surface area contributed by atoms with Gasteiger partial charge in [0, 0.05) is 17.1 Å². The average Bonchev–Trinajstić information content (AvgIpc) is 2.69. The van der Waals surface area contributed by atoms with E-state index in [1.54, 1.807) is 0 Å². The molecule has 0 bridgehead atoms. The summed E-state index contributed by atoms with van der Waals surface area (Å²) >= 11 is 3.56. The fourth-order valence-electron chi connectivity index (χ4n) is 2.16. The number of likely N-dealkylation sites (tertiary alicyclic amines) is 1. The van der Waals surface area contributed by atoms with E-state index < -0.39 is 0 Å². The van der Waals surface area contributed by atoms with Gasteiger partial charge in [0.05, 0.1) is 6.61 Å². The molecule has 1 N–H and O–H groups in total. The third-order valence-electron chi connectivity index (χ3n) is 3.04. The van der Waals surface area contributed by atoms with Crippen molar-refractivity contribution in [2.75, 3.05) is 13.2 Å². The predicted molar refractivity (Wildman–Crippen MR) is 64.7 cm³/mol. The number of aliphatic hydroxyl groups is 1. The van der Waals surface area contributed by atoms with Crippen LogP contribution in [0.5, 0.6) is 0 Å². The summed E-state index contributed by atoms with van der Waals surface area (Å²) < 4.78 is 1.16. The van der Waals surface area contributed by atoms with E-state index >= 15 is 0 Å². The molecule has 0 radical (unpaired) electrons. The van der Waals surface area contributed by atoms with E-state index in [0.29, 0.717) is 6.04 Å². The third kappa shape index (κ3) is 2.60. The molecule has 1 fully saturated rings. The van der Waals surface area contributed by atoms with Crippen LogP contribution in [0.4, 0.5) is 0 Å². The van der Waals surface area contributed by atoms with Crippen LogP contribution in [-0.4, -0.2) is 29.2 Å². The minimum Gasteiger partial charge on any atom is -0.395 e. The molecule has 0 spiro atoms. The lowest BCUT2D eigenvalue weighted by molar-refractivity contribution is 0.153. The van der Waals surface area contributed by atoms with E-state index in [0.717, 1.165) is 24.0 Å². The monoisotopic (exact) mass is 269 g/mol.